The van der Waals surface area contributed by atoms with Crippen LogP contribution < -0.4 is 5.32 Å². The number of carbonyl (C=O) groups is 2. The minimum atomic E-state index is -0.792. The Balaban J connectivity index is 1.56. The van der Waals surface area contributed by atoms with Crippen molar-refractivity contribution in [1.29, 1.82) is 0 Å². The second kappa shape index (κ2) is 6.68. The van der Waals surface area contributed by atoms with Crippen LogP contribution in [-0.2, 0) is 16.0 Å². The van der Waals surface area contributed by atoms with Crippen molar-refractivity contribution in [1.82, 2.24) is 10.3 Å². The lowest BCUT2D eigenvalue weighted by molar-refractivity contribution is -0.146. The fourth-order valence-electron chi connectivity index (χ4n) is 2.53. The topological polar surface area (TPSA) is 79.3 Å². The molecule has 0 aliphatic heterocycles. The molecule has 2 aromatic rings. The Hall–Kier alpha value is -1.92. The summed E-state index contributed by atoms with van der Waals surface area (Å²) in [5.74, 6) is -1.25. The fourth-order valence-corrected chi connectivity index (χ4v) is 3.67. The number of carboxylic acid groups (broad SMARTS) is 1. The minimum absolute atomic E-state index is 0.0368. The Labute approximate surface area is 142 Å². The first-order valence-corrected chi connectivity index (χ1v) is 8.50. The molecule has 0 radical (unpaired) electrons. The summed E-state index contributed by atoms with van der Waals surface area (Å²) in [5.41, 5.74) is 1.55. The molecule has 1 heterocycles. The van der Waals surface area contributed by atoms with E-state index in [0.29, 0.717) is 23.6 Å². The fraction of sp³-hybridized carbons (Fsp3) is 0.312. The van der Waals surface area contributed by atoms with Gasteiger partial charge in [-0.1, -0.05) is 29.8 Å². The van der Waals surface area contributed by atoms with Crippen molar-refractivity contribution in [2.45, 2.75) is 25.3 Å². The molecule has 0 saturated heterocycles. The van der Waals surface area contributed by atoms with Gasteiger partial charge >= 0.3 is 5.97 Å². The maximum Gasteiger partial charge on any atom is 0.306 e. The number of nitrogens with zero attached hydrogens (tertiary/aromatic N) is 1. The van der Waals surface area contributed by atoms with Gasteiger partial charge in [-0.05, 0) is 18.9 Å². The van der Waals surface area contributed by atoms with Gasteiger partial charge < -0.3 is 10.4 Å². The minimum Gasteiger partial charge on any atom is -0.481 e. The van der Waals surface area contributed by atoms with Gasteiger partial charge in [0.1, 0.15) is 5.01 Å². The summed E-state index contributed by atoms with van der Waals surface area (Å²) >= 11 is 7.60. The molecule has 2 N–H and O–H groups in total. The maximum atomic E-state index is 12.0. The average Bonchev–Trinajstić information content (AvgIpc) is 2.90. The molecule has 0 unspecified atom stereocenters. The van der Waals surface area contributed by atoms with E-state index in [2.05, 4.69) is 10.3 Å². The molecule has 1 aromatic heterocycles. The highest BCUT2D eigenvalue weighted by Gasteiger charge is 2.35. The van der Waals surface area contributed by atoms with E-state index in [1.54, 1.807) is 6.07 Å². The van der Waals surface area contributed by atoms with E-state index in [0.717, 1.165) is 10.6 Å². The van der Waals surface area contributed by atoms with Crippen LogP contribution >= 0.6 is 22.9 Å². The average molecular weight is 351 g/mol. The van der Waals surface area contributed by atoms with E-state index < -0.39 is 5.97 Å². The number of aliphatic carboxylic acids is 1. The molecule has 7 heteroatoms. The van der Waals surface area contributed by atoms with Crippen molar-refractivity contribution >= 4 is 34.8 Å². The highest BCUT2D eigenvalue weighted by Crippen LogP contribution is 2.30. The van der Waals surface area contributed by atoms with Crippen LogP contribution in [0.3, 0.4) is 0 Å². The molecule has 3 rings (SSSR count). The first kappa shape index (κ1) is 16.0. The molecule has 5 nitrogen and oxygen atoms in total. The lowest BCUT2D eigenvalue weighted by Crippen LogP contribution is -2.47. The summed E-state index contributed by atoms with van der Waals surface area (Å²) in [6.07, 6.45) is 1.20. The Morgan fingerprint density at radius 1 is 1.35 bits per heavy atom. The first-order valence-electron chi connectivity index (χ1n) is 7.24. The van der Waals surface area contributed by atoms with Crippen molar-refractivity contribution < 1.29 is 14.7 Å². The van der Waals surface area contributed by atoms with E-state index in [1.165, 1.54) is 11.3 Å². The molecule has 1 aliphatic rings. The third-order valence-electron chi connectivity index (χ3n) is 3.85. The SMILES string of the molecule is O=C(Cc1csc(-c2ccccc2Cl)n1)NC1CC(C(=O)O)C1. The number of thiazole rings is 1. The molecule has 0 spiro atoms. The van der Waals surface area contributed by atoms with Crippen LogP contribution in [0.5, 0.6) is 0 Å². The molecular weight excluding hydrogens is 336 g/mol. The summed E-state index contributed by atoms with van der Waals surface area (Å²) in [7, 11) is 0. The second-order valence-electron chi connectivity index (χ2n) is 5.57. The van der Waals surface area contributed by atoms with Gasteiger partial charge in [0.2, 0.25) is 5.91 Å². The van der Waals surface area contributed by atoms with E-state index in [9.17, 15) is 9.59 Å². The van der Waals surface area contributed by atoms with Gasteiger partial charge in [-0.15, -0.1) is 11.3 Å². The lowest BCUT2D eigenvalue weighted by atomic mass is 9.80. The highest BCUT2D eigenvalue weighted by molar-refractivity contribution is 7.13. The smallest absolute Gasteiger partial charge is 0.306 e. The first-order chi connectivity index (χ1) is 11.0. The highest BCUT2D eigenvalue weighted by atomic mass is 35.5. The van der Waals surface area contributed by atoms with Crippen molar-refractivity contribution in [3.63, 3.8) is 0 Å². The van der Waals surface area contributed by atoms with Gasteiger partial charge in [-0.3, -0.25) is 9.59 Å². The van der Waals surface area contributed by atoms with Gasteiger partial charge in [-0.25, -0.2) is 4.98 Å². The zero-order chi connectivity index (χ0) is 16.4. The molecule has 0 atom stereocenters. The Morgan fingerprint density at radius 3 is 2.78 bits per heavy atom. The van der Waals surface area contributed by atoms with Crippen molar-refractivity contribution in [3.8, 4) is 10.6 Å². The van der Waals surface area contributed by atoms with Crippen LogP contribution in [0.4, 0.5) is 0 Å². The van der Waals surface area contributed by atoms with E-state index >= 15 is 0 Å². The molecule has 23 heavy (non-hydrogen) atoms. The van der Waals surface area contributed by atoms with E-state index in [1.807, 2.05) is 23.6 Å². The normalized spacial score (nSPS) is 19.9. The number of amides is 1. The number of hydrogen-bond donors (Lipinski definition) is 2. The monoisotopic (exact) mass is 350 g/mol. The molecular formula is C16H15ClN2O3S. The molecule has 0 bridgehead atoms. The zero-order valence-electron chi connectivity index (χ0n) is 12.2. The van der Waals surface area contributed by atoms with Gasteiger partial charge in [0.25, 0.3) is 0 Å². The predicted molar refractivity (Wildman–Crippen MR) is 88.6 cm³/mol. The molecule has 1 saturated carbocycles. The van der Waals surface area contributed by atoms with Crippen LogP contribution in [0.25, 0.3) is 10.6 Å². The summed E-state index contributed by atoms with van der Waals surface area (Å²) in [6, 6.07) is 7.41. The molecule has 1 aromatic carbocycles. The molecule has 120 valence electrons. The van der Waals surface area contributed by atoms with Crippen LogP contribution in [0.1, 0.15) is 18.5 Å². The lowest BCUT2D eigenvalue weighted by Gasteiger charge is -2.32. The van der Waals surface area contributed by atoms with E-state index in [4.69, 9.17) is 16.7 Å². The third-order valence-corrected chi connectivity index (χ3v) is 5.10. The van der Waals surface area contributed by atoms with Crippen LogP contribution in [0.15, 0.2) is 29.6 Å². The number of halogens is 1. The Bertz CT molecular complexity index is 740. The standard InChI is InChI=1S/C16H15ClN2O3S/c17-13-4-2-1-3-12(13)15-19-11(8-23-15)7-14(20)18-10-5-9(6-10)16(21)22/h1-4,8-10H,5-7H2,(H,18,20)(H,21,22). The number of benzene rings is 1. The van der Waals surface area contributed by atoms with Gasteiger partial charge in [0.15, 0.2) is 0 Å². The number of carbonyl (C=O) groups excluding carboxylic acids is 1. The molecule has 1 amide bonds. The number of hydrogen-bond acceptors (Lipinski definition) is 4. The van der Waals surface area contributed by atoms with Crippen molar-refractivity contribution in [2.75, 3.05) is 0 Å². The quantitative estimate of drug-likeness (QED) is 0.868. The number of rotatable bonds is 5. The largest absolute Gasteiger partial charge is 0.481 e. The summed E-state index contributed by atoms with van der Waals surface area (Å²) in [4.78, 5) is 27.2. The van der Waals surface area contributed by atoms with Crippen LogP contribution in [0, 0.1) is 5.92 Å². The summed E-state index contributed by atoms with van der Waals surface area (Å²) in [6.45, 7) is 0. The zero-order valence-corrected chi connectivity index (χ0v) is 13.7. The van der Waals surface area contributed by atoms with Crippen molar-refractivity contribution in [2.24, 2.45) is 5.92 Å². The predicted octanol–water partition coefficient (Wildman–Crippen LogP) is 2.99. The Morgan fingerprint density at radius 2 is 2.09 bits per heavy atom. The number of carboxylic acids is 1. The van der Waals surface area contributed by atoms with Crippen LogP contribution in [0.2, 0.25) is 5.02 Å². The number of aromatic nitrogens is 1. The van der Waals surface area contributed by atoms with E-state index in [-0.39, 0.29) is 24.3 Å². The number of nitrogens with one attached hydrogen (secondary N) is 1. The second-order valence-corrected chi connectivity index (χ2v) is 6.84. The molecule has 1 aliphatic carbocycles. The Kier molecular flexibility index (Phi) is 4.63. The molecule has 1 fully saturated rings. The summed E-state index contributed by atoms with van der Waals surface area (Å²) in [5, 5.41) is 14.9. The summed E-state index contributed by atoms with van der Waals surface area (Å²) < 4.78 is 0. The van der Waals surface area contributed by atoms with Gasteiger partial charge in [0.05, 0.1) is 23.1 Å². The van der Waals surface area contributed by atoms with Crippen LogP contribution in [-0.4, -0.2) is 28.0 Å². The third kappa shape index (κ3) is 3.71. The van der Waals surface area contributed by atoms with Gasteiger partial charge in [-0.2, -0.15) is 0 Å². The van der Waals surface area contributed by atoms with Gasteiger partial charge in [0, 0.05) is 17.0 Å². The maximum absolute atomic E-state index is 12.0. The van der Waals surface area contributed by atoms with Crippen molar-refractivity contribution in [3.05, 3.63) is 40.4 Å².